The van der Waals surface area contributed by atoms with Crippen molar-refractivity contribution >= 4 is 57.2 Å². The van der Waals surface area contributed by atoms with E-state index in [1.54, 1.807) is 18.2 Å². The van der Waals surface area contributed by atoms with Crippen molar-refractivity contribution in [3.05, 3.63) is 80.5 Å². The lowest BCUT2D eigenvalue weighted by Crippen LogP contribution is -2.11. The molecule has 1 N–H and O–H groups in total. The summed E-state index contributed by atoms with van der Waals surface area (Å²) in [6, 6.07) is 10.8. The number of hydrogen-bond acceptors (Lipinski definition) is 5. The van der Waals surface area contributed by atoms with Crippen LogP contribution in [0.3, 0.4) is 0 Å². The molecule has 0 saturated carbocycles. The first-order chi connectivity index (χ1) is 14.0. The second kappa shape index (κ2) is 8.32. The Bertz CT molecular complexity index is 1140. The summed E-state index contributed by atoms with van der Waals surface area (Å²) in [4.78, 5) is 12.3. The molecule has 0 saturated heterocycles. The first-order valence-electron chi connectivity index (χ1n) is 8.39. The molecule has 0 aliphatic carbocycles. The van der Waals surface area contributed by atoms with Gasteiger partial charge in [0.25, 0.3) is 5.91 Å². The molecule has 0 spiro atoms. The summed E-state index contributed by atoms with van der Waals surface area (Å²) >= 11 is 13.4. The van der Waals surface area contributed by atoms with Crippen LogP contribution in [0.4, 0.5) is 10.1 Å². The van der Waals surface area contributed by atoms with Gasteiger partial charge in [-0.1, -0.05) is 34.5 Å². The topological polar surface area (TPSA) is 64.1 Å². The lowest BCUT2D eigenvalue weighted by molar-refractivity contribution is 0.102. The summed E-state index contributed by atoms with van der Waals surface area (Å²) in [5, 5.41) is 12.0. The van der Waals surface area contributed by atoms with Crippen molar-refractivity contribution in [1.29, 1.82) is 0 Å². The number of nitrogens with one attached hydrogen (secondary N) is 1. The quantitative estimate of drug-likeness (QED) is 0.561. The molecule has 5 nitrogen and oxygen atoms in total. The first-order valence-corrected chi connectivity index (χ1v) is 9.96. The van der Waals surface area contributed by atoms with Gasteiger partial charge in [-0.2, -0.15) is 0 Å². The molecule has 0 fully saturated rings. The Morgan fingerprint density at radius 2 is 1.93 bits per heavy atom. The van der Waals surface area contributed by atoms with Crippen LogP contribution < -0.4 is 10.1 Å². The second-order valence-electron chi connectivity index (χ2n) is 6.06. The molecular formula is C20H12Cl2FN3O2S. The zero-order valence-electron chi connectivity index (χ0n) is 14.7. The maximum absolute atomic E-state index is 13.0. The first kappa shape index (κ1) is 19.6. The minimum Gasteiger partial charge on any atom is -0.488 e. The van der Waals surface area contributed by atoms with Crippen molar-refractivity contribution in [3.8, 4) is 5.75 Å². The maximum Gasteiger partial charge on any atom is 0.286 e. The average molecular weight is 448 g/mol. The second-order valence-corrected chi connectivity index (χ2v) is 7.88. The SMILES string of the molecule is O=C(Nc1ccc(F)cc1)c1nnc(C(Cl)=CC2=Cc3cc(Cl)ccc3OC2)s1. The van der Waals surface area contributed by atoms with Crippen molar-refractivity contribution in [2.24, 2.45) is 0 Å². The number of amides is 1. The molecule has 1 aliphatic rings. The van der Waals surface area contributed by atoms with E-state index in [0.717, 1.165) is 28.2 Å². The molecule has 1 aliphatic heterocycles. The van der Waals surface area contributed by atoms with E-state index in [2.05, 4.69) is 15.5 Å². The monoisotopic (exact) mass is 447 g/mol. The fraction of sp³-hybridized carbons (Fsp3) is 0.0500. The number of rotatable bonds is 4. The number of fused-ring (bicyclic) bond motifs is 1. The normalized spacial score (nSPS) is 13.3. The van der Waals surface area contributed by atoms with E-state index in [4.69, 9.17) is 27.9 Å². The number of carbonyl (C=O) groups is 1. The molecule has 0 radical (unpaired) electrons. The number of anilines is 1. The number of benzene rings is 2. The number of hydrogen-bond donors (Lipinski definition) is 1. The van der Waals surface area contributed by atoms with Gasteiger partial charge in [-0.3, -0.25) is 4.79 Å². The van der Waals surface area contributed by atoms with Crippen molar-refractivity contribution in [3.63, 3.8) is 0 Å². The van der Waals surface area contributed by atoms with Crippen LogP contribution in [0.15, 0.2) is 54.1 Å². The van der Waals surface area contributed by atoms with Gasteiger partial charge in [0.05, 0.1) is 5.03 Å². The molecule has 1 aromatic heterocycles. The van der Waals surface area contributed by atoms with E-state index >= 15 is 0 Å². The number of carbonyl (C=O) groups excluding carboxylic acids is 1. The molecule has 2 heterocycles. The molecule has 9 heteroatoms. The Morgan fingerprint density at radius 1 is 1.17 bits per heavy atom. The highest BCUT2D eigenvalue weighted by Gasteiger charge is 2.16. The lowest BCUT2D eigenvalue weighted by Gasteiger charge is -2.16. The van der Waals surface area contributed by atoms with Gasteiger partial charge in [0, 0.05) is 16.3 Å². The Labute approximate surface area is 179 Å². The highest BCUT2D eigenvalue weighted by molar-refractivity contribution is 7.15. The van der Waals surface area contributed by atoms with Crippen LogP contribution in [-0.2, 0) is 0 Å². The van der Waals surface area contributed by atoms with Gasteiger partial charge in [-0.15, -0.1) is 10.2 Å². The molecule has 0 atom stereocenters. The minimum atomic E-state index is -0.450. The summed E-state index contributed by atoms with van der Waals surface area (Å²) in [6.07, 6.45) is 3.64. The van der Waals surface area contributed by atoms with Gasteiger partial charge in [-0.05, 0) is 60.2 Å². The molecule has 3 aromatic rings. The summed E-state index contributed by atoms with van der Waals surface area (Å²) in [7, 11) is 0. The van der Waals surface area contributed by atoms with Crippen LogP contribution in [-0.4, -0.2) is 22.7 Å². The third-order valence-corrected chi connectivity index (χ3v) is 5.54. The standard InChI is InChI=1S/C20H12Cl2FN3O2S/c21-13-1-6-17-12(9-13)7-11(10-28-17)8-16(22)19-25-26-20(29-19)18(27)24-15-4-2-14(23)3-5-15/h1-9H,10H2,(H,24,27). The Hall–Kier alpha value is -2.74. The van der Waals surface area contributed by atoms with E-state index in [0.29, 0.717) is 27.4 Å². The van der Waals surface area contributed by atoms with E-state index in [1.807, 2.05) is 12.1 Å². The highest BCUT2D eigenvalue weighted by Crippen LogP contribution is 2.31. The molecule has 4 rings (SSSR count). The van der Waals surface area contributed by atoms with Gasteiger partial charge >= 0.3 is 0 Å². The molecule has 2 aromatic carbocycles. The summed E-state index contributed by atoms with van der Waals surface area (Å²) in [6.45, 7) is 0.349. The van der Waals surface area contributed by atoms with Gasteiger partial charge < -0.3 is 10.1 Å². The van der Waals surface area contributed by atoms with Gasteiger partial charge in [-0.25, -0.2) is 4.39 Å². The van der Waals surface area contributed by atoms with E-state index < -0.39 is 5.91 Å². The van der Waals surface area contributed by atoms with Crippen molar-refractivity contribution in [2.45, 2.75) is 0 Å². The smallest absolute Gasteiger partial charge is 0.286 e. The maximum atomic E-state index is 13.0. The van der Waals surface area contributed by atoms with Crippen LogP contribution in [0.2, 0.25) is 5.02 Å². The van der Waals surface area contributed by atoms with Crippen LogP contribution in [0.25, 0.3) is 11.1 Å². The lowest BCUT2D eigenvalue weighted by atomic mass is 10.1. The summed E-state index contributed by atoms with van der Waals surface area (Å²) in [5.74, 6) is -0.0871. The van der Waals surface area contributed by atoms with Crippen LogP contribution in [0, 0.1) is 5.82 Å². The molecule has 1 amide bonds. The number of nitrogens with zero attached hydrogens (tertiary/aromatic N) is 2. The van der Waals surface area contributed by atoms with Crippen molar-refractivity contribution in [1.82, 2.24) is 10.2 Å². The molecule has 29 heavy (non-hydrogen) atoms. The van der Waals surface area contributed by atoms with Crippen LogP contribution >= 0.6 is 34.5 Å². The predicted molar refractivity (Wildman–Crippen MR) is 113 cm³/mol. The highest BCUT2D eigenvalue weighted by atomic mass is 35.5. The predicted octanol–water partition coefficient (Wildman–Crippen LogP) is 5.64. The number of halogens is 3. The number of aromatic nitrogens is 2. The average Bonchev–Trinajstić information content (AvgIpc) is 3.20. The van der Waals surface area contributed by atoms with E-state index in [-0.39, 0.29) is 10.8 Å². The minimum absolute atomic E-state index is 0.141. The van der Waals surface area contributed by atoms with Crippen LogP contribution in [0.1, 0.15) is 20.4 Å². The van der Waals surface area contributed by atoms with Crippen molar-refractivity contribution in [2.75, 3.05) is 11.9 Å². The summed E-state index contributed by atoms with van der Waals surface area (Å²) in [5.41, 5.74) is 2.14. The third kappa shape index (κ3) is 4.64. The van der Waals surface area contributed by atoms with Gasteiger partial charge in [0.15, 0.2) is 5.01 Å². The van der Waals surface area contributed by atoms with E-state index in [1.165, 1.54) is 24.3 Å². The zero-order valence-corrected chi connectivity index (χ0v) is 17.0. The van der Waals surface area contributed by atoms with Crippen LogP contribution in [0.5, 0.6) is 5.75 Å². The fourth-order valence-electron chi connectivity index (χ4n) is 2.60. The van der Waals surface area contributed by atoms with Gasteiger partial charge in [0.1, 0.15) is 18.2 Å². The fourth-order valence-corrected chi connectivity index (χ4v) is 3.72. The Balaban J connectivity index is 1.50. The molecule has 146 valence electrons. The van der Waals surface area contributed by atoms with Gasteiger partial charge in [0.2, 0.25) is 5.01 Å². The van der Waals surface area contributed by atoms with Crippen molar-refractivity contribution < 1.29 is 13.9 Å². The Kier molecular flexibility index (Phi) is 5.62. The zero-order chi connectivity index (χ0) is 20.4. The van der Waals surface area contributed by atoms with E-state index in [9.17, 15) is 9.18 Å². The molecular weight excluding hydrogens is 436 g/mol. The molecule has 0 bridgehead atoms. The number of ether oxygens (including phenoxy) is 1. The Morgan fingerprint density at radius 3 is 2.72 bits per heavy atom. The summed E-state index contributed by atoms with van der Waals surface area (Å²) < 4.78 is 18.7. The largest absolute Gasteiger partial charge is 0.488 e. The third-order valence-electron chi connectivity index (χ3n) is 3.94. The molecule has 0 unspecified atom stereocenters.